The fourth-order valence-electron chi connectivity index (χ4n) is 2.59. The van der Waals surface area contributed by atoms with Crippen LogP contribution in [-0.4, -0.2) is 17.9 Å². The number of nitrogens with zero attached hydrogens (tertiary/aromatic N) is 1. The SMILES string of the molecule is CC(=O)N(c1ccc(NC(=O)c2ccc(F)c(F)c2F)cc1)C1CC1. The number of halogens is 3. The van der Waals surface area contributed by atoms with Crippen LogP contribution in [0.4, 0.5) is 24.5 Å². The summed E-state index contributed by atoms with van der Waals surface area (Å²) in [5.41, 5.74) is 0.454. The molecule has 1 fully saturated rings. The lowest BCUT2D eigenvalue weighted by Crippen LogP contribution is -2.30. The van der Waals surface area contributed by atoms with Crippen molar-refractivity contribution in [2.24, 2.45) is 0 Å². The van der Waals surface area contributed by atoms with Gasteiger partial charge in [0.25, 0.3) is 5.91 Å². The molecule has 130 valence electrons. The van der Waals surface area contributed by atoms with Crippen LogP contribution in [0.25, 0.3) is 0 Å². The average Bonchev–Trinajstić information content (AvgIpc) is 3.39. The molecule has 0 unspecified atom stereocenters. The van der Waals surface area contributed by atoms with E-state index in [-0.39, 0.29) is 11.9 Å². The summed E-state index contributed by atoms with van der Waals surface area (Å²) in [5, 5.41) is 2.41. The van der Waals surface area contributed by atoms with Gasteiger partial charge in [-0.25, -0.2) is 13.2 Å². The van der Waals surface area contributed by atoms with Gasteiger partial charge in [0, 0.05) is 24.3 Å². The summed E-state index contributed by atoms with van der Waals surface area (Å²) in [6.45, 7) is 1.49. The smallest absolute Gasteiger partial charge is 0.258 e. The molecule has 0 bridgehead atoms. The van der Waals surface area contributed by atoms with Gasteiger partial charge in [0.1, 0.15) is 0 Å². The third kappa shape index (κ3) is 3.50. The van der Waals surface area contributed by atoms with E-state index in [0.29, 0.717) is 17.4 Å². The van der Waals surface area contributed by atoms with Crippen molar-refractivity contribution in [3.8, 4) is 0 Å². The largest absolute Gasteiger partial charge is 0.322 e. The normalized spacial score (nSPS) is 13.4. The van der Waals surface area contributed by atoms with E-state index in [0.717, 1.165) is 18.9 Å². The molecule has 1 N–H and O–H groups in total. The molecule has 0 heterocycles. The van der Waals surface area contributed by atoms with Crippen molar-refractivity contribution in [2.45, 2.75) is 25.8 Å². The Morgan fingerprint density at radius 3 is 2.20 bits per heavy atom. The first kappa shape index (κ1) is 17.0. The second kappa shape index (κ2) is 6.58. The van der Waals surface area contributed by atoms with Crippen LogP contribution in [0, 0.1) is 17.5 Å². The van der Waals surface area contributed by atoms with Crippen molar-refractivity contribution in [3.63, 3.8) is 0 Å². The Hall–Kier alpha value is -2.83. The molecule has 2 aromatic rings. The molecule has 0 atom stereocenters. The number of carbonyl (C=O) groups is 2. The molecule has 0 radical (unpaired) electrons. The zero-order valence-electron chi connectivity index (χ0n) is 13.4. The quantitative estimate of drug-likeness (QED) is 0.853. The molecule has 0 aliphatic heterocycles. The molecule has 4 nitrogen and oxygen atoms in total. The molecule has 1 aliphatic carbocycles. The molecule has 0 aromatic heterocycles. The lowest BCUT2D eigenvalue weighted by molar-refractivity contribution is -0.116. The predicted molar refractivity (Wildman–Crippen MR) is 86.9 cm³/mol. The monoisotopic (exact) mass is 348 g/mol. The molecule has 1 saturated carbocycles. The number of benzene rings is 2. The number of carbonyl (C=O) groups excluding carboxylic acids is 2. The first-order valence-electron chi connectivity index (χ1n) is 7.73. The summed E-state index contributed by atoms with van der Waals surface area (Å²) in [5.74, 6) is -5.55. The highest BCUT2D eigenvalue weighted by Gasteiger charge is 2.31. The third-order valence-electron chi connectivity index (χ3n) is 3.93. The molecular formula is C18H15F3N2O2. The first-order chi connectivity index (χ1) is 11.9. The fourth-order valence-corrected chi connectivity index (χ4v) is 2.59. The predicted octanol–water partition coefficient (Wildman–Crippen LogP) is 3.87. The van der Waals surface area contributed by atoms with Gasteiger partial charge >= 0.3 is 0 Å². The number of nitrogens with one attached hydrogen (secondary N) is 1. The van der Waals surface area contributed by atoms with Gasteiger partial charge in [0.05, 0.1) is 5.56 Å². The maximum atomic E-state index is 13.7. The van der Waals surface area contributed by atoms with Crippen molar-refractivity contribution in [1.82, 2.24) is 0 Å². The summed E-state index contributed by atoms with van der Waals surface area (Å²) in [4.78, 5) is 25.4. The highest BCUT2D eigenvalue weighted by Crippen LogP contribution is 2.32. The van der Waals surface area contributed by atoms with E-state index in [2.05, 4.69) is 5.32 Å². The van der Waals surface area contributed by atoms with Crippen molar-refractivity contribution in [1.29, 1.82) is 0 Å². The lowest BCUT2D eigenvalue weighted by Gasteiger charge is -2.21. The molecule has 7 heteroatoms. The number of hydrogen-bond donors (Lipinski definition) is 1. The second-order valence-corrected chi connectivity index (χ2v) is 5.84. The topological polar surface area (TPSA) is 49.4 Å². The Bertz CT molecular complexity index is 833. The van der Waals surface area contributed by atoms with Gasteiger partial charge in [-0.3, -0.25) is 9.59 Å². The van der Waals surface area contributed by atoms with E-state index in [9.17, 15) is 22.8 Å². The Kier molecular flexibility index (Phi) is 4.48. The molecule has 2 amide bonds. The minimum Gasteiger partial charge on any atom is -0.322 e. The van der Waals surface area contributed by atoms with Gasteiger partial charge in [-0.05, 0) is 49.2 Å². The second-order valence-electron chi connectivity index (χ2n) is 5.84. The van der Waals surface area contributed by atoms with E-state index in [1.54, 1.807) is 29.2 Å². The minimum atomic E-state index is -1.69. The van der Waals surface area contributed by atoms with Gasteiger partial charge in [-0.2, -0.15) is 0 Å². The number of rotatable bonds is 4. The van der Waals surface area contributed by atoms with Crippen LogP contribution in [0.1, 0.15) is 30.1 Å². The van der Waals surface area contributed by atoms with E-state index in [1.807, 2.05) is 0 Å². The van der Waals surface area contributed by atoms with E-state index in [1.165, 1.54) is 6.92 Å². The maximum absolute atomic E-state index is 13.7. The molecule has 2 aromatic carbocycles. The Labute approximate surface area is 142 Å². The highest BCUT2D eigenvalue weighted by molar-refractivity contribution is 6.04. The lowest BCUT2D eigenvalue weighted by atomic mass is 10.1. The van der Waals surface area contributed by atoms with Gasteiger partial charge in [-0.15, -0.1) is 0 Å². The van der Waals surface area contributed by atoms with Crippen LogP contribution in [0.2, 0.25) is 0 Å². The first-order valence-corrected chi connectivity index (χ1v) is 7.73. The summed E-state index contributed by atoms with van der Waals surface area (Å²) in [6.07, 6.45) is 1.90. The molecule has 0 saturated heterocycles. The Balaban J connectivity index is 1.76. The third-order valence-corrected chi connectivity index (χ3v) is 3.93. The van der Waals surface area contributed by atoms with Crippen LogP contribution >= 0.6 is 0 Å². The van der Waals surface area contributed by atoms with Crippen LogP contribution in [0.5, 0.6) is 0 Å². The van der Waals surface area contributed by atoms with Crippen molar-refractivity contribution < 1.29 is 22.8 Å². The van der Waals surface area contributed by atoms with Crippen LogP contribution in [0.15, 0.2) is 36.4 Å². The zero-order chi connectivity index (χ0) is 18.1. The van der Waals surface area contributed by atoms with Crippen LogP contribution < -0.4 is 10.2 Å². The number of hydrogen-bond acceptors (Lipinski definition) is 2. The Morgan fingerprint density at radius 2 is 1.64 bits per heavy atom. The van der Waals surface area contributed by atoms with E-state index >= 15 is 0 Å². The van der Waals surface area contributed by atoms with E-state index < -0.39 is 28.9 Å². The van der Waals surface area contributed by atoms with Gasteiger partial charge in [-0.1, -0.05) is 0 Å². The van der Waals surface area contributed by atoms with Gasteiger partial charge in [0.15, 0.2) is 17.5 Å². The number of anilines is 2. The highest BCUT2D eigenvalue weighted by atomic mass is 19.2. The maximum Gasteiger partial charge on any atom is 0.258 e. The minimum absolute atomic E-state index is 0.0665. The number of amides is 2. The summed E-state index contributed by atoms with van der Waals surface area (Å²) in [6, 6.07) is 8.22. The molecule has 0 spiro atoms. The van der Waals surface area contributed by atoms with Crippen LogP contribution in [-0.2, 0) is 4.79 Å². The van der Waals surface area contributed by atoms with Crippen LogP contribution in [0.3, 0.4) is 0 Å². The van der Waals surface area contributed by atoms with Crippen molar-refractivity contribution >= 4 is 23.2 Å². The molecule has 25 heavy (non-hydrogen) atoms. The summed E-state index contributed by atoms with van der Waals surface area (Å²) in [7, 11) is 0. The zero-order valence-corrected chi connectivity index (χ0v) is 13.4. The standard InChI is InChI=1S/C18H15F3N2O2/c1-10(24)23(13-6-7-13)12-4-2-11(3-5-12)22-18(25)14-8-9-15(19)17(21)16(14)20/h2-5,8-9,13H,6-7H2,1H3,(H,22,25). The van der Waals surface area contributed by atoms with Crippen molar-refractivity contribution in [3.05, 3.63) is 59.4 Å². The van der Waals surface area contributed by atoms with E-state index in [4.69, 9.17) is 0 Å². The summed E-state index contributed by atoms with van der Waals surface area (Å²) < 4.78 is 39.8. The molecule has 1 aliphatic rings. The molecular weight excluding hydrogens is 333 g/mol. The van der Waals surface area contributed by atoms with Crippen molar-refractivity contribution in [2.75, 3.05) is 10.2 Å². The fraction of sp³-hybridized carbons (Fsp3) is 0.222. The Morgan fingerprint density at radius 1 is 1.00 bits per heavy atom. The molecule has 3 rings (SSSR count). The van der Waals surface area contributed by atoms with Gasteiger partial charge in [0.2, 0.25) is 5.91 Å². The van der Waals surface area contributed by atoms with Gasteiger partial charge < -0.3 is 10.2 Å². The summed E-state index contributed by atoms with van der Waals surface area (Å²) >= 11 is 0. The average molecular weight is 348 g/mol.